The van der Waals surface area contributed by atoms with Gasteiger partial charge in [0.1, 0.15) is 5.82 Å². The average molecular weight is 406 g/mol. The molecule has 0 bridgehead atoms. The van der Waals surface area contributed by atoms with Gasteiger partial charge in [0.05, 0.1) is 17.6 Å². The predicted octanol–water partition coefficient (Wildman–Crippen LogP) is 1.76. The van der Waals surface area contributed by atoms with Crippen molar-refractivity contribution in [1.82, 2.24) is 9.21 Å². The Morgan fingerprint density at radius 2 is 1.61 bits per heavy atom. The normalized spacial score (nSPS) is 15.3. The first kappa shape index (κ1) is 20.0. The van der Waals surface area contributed by atoms with E-state index in [0.29, 0.717) is 5.56 Å². The summed E-state index contributed by atoms with van der Waals surface area (Å²) in [5.41, 5.74) is 0.588. The van der Waals surface area contributed by atoms with Crippen molar-refractivity contribution in [2.45, 2.75) is 4.90 Å². The maximum Gasteiger partial charge on any atom is 0.337 e. The van der Waals surface area contributed by atoms with Gasteiger partial charge in [-0.05, 0) is 36.4 Å². The second-order valence-corrected chi connectivity index (χ2v) is 8.16. The van der Waals surface area contributed by atoms with E-state index in [1.165, 1.54) is 40.6 Å². The quantitative estimate of drug-likeness (QED) is 0.723. The zero-order chi connectivity index (χ0) is 20.3. The van der Waals surface area contributed by atoms with Gasteiger partial charge in [0.25, 0.3) is 5.91 Å². The number of carbonyl (C=O) groups excluding carboxylic acids is 2. The van der Waals surface area contributed by atoms with Crippen LogP contribution in [0.15, 0.2) is 53.4 Å². The molecule has 1 amide bonds. The predicted molar refractivity (Wildman–Crippen MR) is 98.8 cm³/mol. The summed E-state index contributed by atoms with van der Waals surface area (Å²) < 4.78 is 44.5. The number of rotatable bonds is 4. The third kappa shape index (κ3) is 4.05. The number of amides is 1. The maximum absolute atomic E-state index is 13.4. The zero-order valence-corrected chi connectivity index (χ0v) is 16.0. The van der Waals surface area contributed by atoms with Crippen molar-refractivity contribution >= 4 is 21.9 Å². The summed E-state index contributed by atoms with van der Waals surface area (Å²) in [7, 11) is -2.57. The van der Waals surface area contributed by atoms with Gasteiger partial charge in [-0.1, -0.05) is 12.1 Å². The van der Waals surface area contributed by atoms with Crippen LogP contribution in [-0.4, -0.2) is 62.8 Å². The fraction of sp³-hybridized carbons (Fsp3) is 0.263. The topological polar surface area (TPSA) is 84.0 Å². The average Bonchev–Trinajstić information content (AvgIpc) is 2.72. The Morgan fingerprint density at radius 3 is 2.25 bits per heavy atom. The molecule has 2 aromatic rings. The molecule has 0 N–H and O–H groups in total. The van der Waals surface area contributed by atoms with Crippen LogP contribution in [0.2, 0.25) is 0 Å². The molecular weight excluding hydrogens is 387 g/mol. The molecule has 3 rings (SSSR count). The number of sulfonamides is 1. The third-order valence-electron chi connectivity index (χ3n) is 4.49. The van der Waals surface area contributed by atoms with Gasteiger partial charge in [0.2, 0.25) is 10.0 Å². The summed E-state index contributed by atoms with van der Waals surface area (Å²) in [6, 6.07) is 11.0. The first-order valence-corrected chi connectivity index (χ1v) is 10.0. The summed E-state index contributed by atoms with van der Waals surface area (Å²) >= 11 is 0. The molecule has 1 heterocycles. The highest BCUT2D eigenvalue weighted by molar-refractivity contribution is 7.89. The molecule has 1 saturated heterocycles. The lowest BCUT2D eigenvalue weighted by Gasteiger charge is -2.34. The van der Waals surface area contributed by atoms with E-state index < -0.39 is 21.8 Å². The van der Waals surface area contributed by atoms with Crippen molar-refractivity contribution in [3.05, 3.63) is 65.5 Å². The lowest BCUT2D eigenvalue weighted by Crippen LogP contribution is -2.50. The van der Waals surface area contributed by atoms with E-state index in [1.54, 1.807) is 18.2 Å². The molecule has 28 heavy (non-hydrogen) atoms. The number of ether oxygens (including phenoxy) is 1. The van der Waals surface area contributed by atoms with Gasteiger partial charge in [0, 0.05) is 31.7 Å². The van der Waals surface area contributed by atoms with Gasteiger partial charge < -0.3 is 9.64 Å². The van der Waals surface area contributed by atoms with Gasteiger partial charge in [-0.15, -0.1) is 0 Å². The first-order valence-electron chi connectivity index (χ1n) is 8.56. The lowest BCUT2D eigenvalue weighted by atomic mass is 10.1. The summed E-state index contributed by atoms with van der Waals surface area (Å²) in [4.78, 5) is 25.7. The van der Waals surface area contributed by atoms with E-state index in [2.05, 4.69) is 4.74 Å². The number of halogens is 1. The number of carbonyl (C=O) groups is 2. The Bertz CT molecular complexity index is 1000. The summed E-state index contributed by atoms with van der Waals surface area (Å²) in [5.74, 6) is -1.46. The highest BCUT2D eigenvalue weighted by Gasteiger charge is 2.30. The van der Waals surface area contributed by atoms with Gasteiger partial charge in [0.15, 0.2) is 0 Å². The minimum Gasteiger partial charge on any atom is -0.465 e. The molecule has 0 aromatic heterocycles. The number of piperazine rings is 1. The summed E-state index contributed by atoms with van der Waals surface area (Å²) in [6.07, 6.45) is 0. The van der Waals surface area contributed by atoms with Crippen LogP contribution in [0.5, 0.6) is 0 Å². The molecule has 2 aromatic carbocycles. The van der Waals surface area contributed by atoms with Crippen molar-refractivity contribution in [3.8, 4) is 0 Å². The Labute approximate surface area is 162 Å². The smallest absolute Gasteiger partial charge is 0.337 e. The Kier molecular flexibility index (Phi) is 5.76. The number of hydrogen-bond acceptors (Lipinski definition) is 5. The molecule has 1 aliphatic heterocycles. The van der Waals surface area contributed by atoms with Crippen LogP contribution in [0, 0.1) is 5.82 Å². The molecule has 1 fully saturated rings. The van der Waals surface area contributed by atoms with Gasteiger partial charge in [-0.2, -0.15) is 4.31 Å². The second kappa shape index (κ2) is 8.07. The molecule has 9 heteroatoms. The Balaban J connectivity index is 1.70. The van der Waals surface area contributed by atoms with Crippen molar-refractivity contribution in [1.29, 1.82) is 0 Å². The SMILES string of the molecule is COC(=O)c1cccc(C(=O)N2CCN(S(=O)(=O)c3cccc(F)c3)CC2)c1. The van der Waals surface area contributed by atoms with E-state index in [1.807, 2.05) is 0 Å². The minimum atomic E-state index is -3.83. The lowest BCUT2D eigenvalue weighted by molar-refractivity contribution is 0.0600. The molecule has 0 unspecified atom stereocenters. The van der Waals surface area contributed by atoms with E-state index in [-0.39, 0.29) is 42.5 Å². The van der Waals surface area contributed by atoms with Gasteiger partial charge in [-0.3, -0.25) is 4.79 Å². The fourth-order valence-electron chi connectivity index (χ4n) is 2.99. The van der Waals surface area contributed by atoms with Crippen LogP contribution in [0.3, 0.4) is 0 Å². The van der Waals surface area contributed by atoms with Crippen LogP contribution in [0.1, 0.15) is 20.7 Å². The van der Waals surface area contributed by atoms with Crippen LogP contribution in [0.25, 0.3) is 0 Å². The number of nitrogens with zero attached hydrogens (tertiary/aromatic N) is 2. The summed E-state index contributed by atoms with van der Waals surface area (Å²) in [5, 5.41) is 0. The van der Waals surface area contributed by atoms with Crippen molar-refractivity contribution in [2.75, 3.05) is 33.3 Å². The van der Waals surface area contributed by atoms with Crippen molar-refractivity contribution in [2.24, 2.45) is 0 Å². The Hall–Kier alpha value is -2.78. The van der Waals surface area contributed by atoms with Crippen LogP contribution >= 0.6 is 0 Å². The van der Waals surface area contributed by atoms with Crippen molar-refractivity contribution < 1.29 is 27.1 Å². The standard InChI is InChI=1S/C19H19FN2O5S/c1-27-19(24)15-5-2-4-14(12-15)18(23)21-8-10-22(11-9-21)28(25,26)17-7-3-6-16(20)13-17/h2-7,12-13H,8-11H2,1H3. The van der Waals surface area contributed by atoms with Gasteiger partial charge in [-0.25, -0.2) is 17.6 Å². The molecule has 0 atom stereocenters. The largest absolute Gasteiger partial charge is 0.465 e. The number of benzene rings is 2. The third-order valence-corrected chi connectivity index (χ3v) is 6.38. The molecule has 148 valence electrons. The van der Waals surface area contributed by atoms with Crippen LogP contribution in [0.4, 0.5) is 4.39 Å². The zero-order valence-electron chi connectivity index (χ0n) is 15.2. The number of esters is 1. The van der Waals surface area contributed by atoms with E-state index in [0.717, 1.165) is 6.07 Å². The van der Waals surface area contributed by atoms with Crippen LogP contribution in [-0.2, 0) is 14.8 Å². The Morgan fingerprint density at radius 1 is 0.964 bits per heavy atom. The van der Waals surface area contributed by atoms with E-state index in [9.17, 15) is 22.4 Å². The number of hydrogen-bond donors (Lipinski definition) is 0. The molecule has 0 spiro atoms. The highest BCUT2D eigenvalue weighted by Crippen LogP contribution is 2.19. The molecule has 7 nitrogen and oxygen atoms in total. The fourth-order valence-corrected chi connectivity index (χ4v) is 4.44. The monoisotopic (exact) mass is 406 g/mol. The molecule has 0 saturated carbocycles. The first-order chi connectivity index (χ1) is 13.3. The maximum atomic E-state index is 13.4. The molecule has 1 aliphatic rings. The van der Waals surface area contributed by atoms with E-state index >= 15 is 0 Å². The molecule has 0 aliphatic carbocycles. The summed E-state index contributed by atoms with van der Waals surface area (Å²) in [6.45, 7) is 0.578. The minimum absolute atomic E-state index is 0.0985. The molecular formula is C19H19FN2O5S. The van der Waals surface area contributed by atoms with Crippen molar-refractivity contribution in [3.63, 3.8) is 0 Å². The van der Waals surface area contributed by atoms with Crippen LogP contribution < -0.4 is 0 Å². The van der Waals surface area contributed by atoms with E-state index in [4.69, 9.17) is 0 Å². The molecule has 0 radical (unpaired) electrons. The number of methoxy groups -OCH3 is 1. The van der Waals surface area contributed by atoms with Gasteiger partial charge >= 0.3 is 5.97 Å². The highest BCUT2D eigenvalue weighted by atomic mass is 32.2. The second-order valence-electron chi connectivity index (χ2n) is 6.23.